The zero-order valence-electron chi connectivity index (χ0n) is 12.1. The number of nitrogens with two attached hydrogens (primary N) is 1. The third kappa shape index (κ3) is 2.91. The standard InChI is InChI=1S/C17H12F4NOS/c18-12-7-2-1-6-11(12)15-14(23)13(16(22)24-15)9-4-3-5-10(8-9)17(19,20)21/h1-8,15,24H,22H2. The number of allylic oxidation sites excluding steroid dienone is 1. The first kappa shape index (κ1) is 16.6. The number of halogens is 4. The molecule has 125 valence electrons. The molecule has 2 aromatic rings. The van der Waals surface area contributed by atoms with E-state index in [-0.39, 0.29) is 21.7 Å². The fourth-order valence-corrected chi connectivity index (χ4v) is 3.82. The molecule has 1 radical (unpaired) electrons. The van der Waals surface area contributed by atoms with Gasteiger partial charge in [-0.3, -0.25) is 4.79 Å². The van der Waals surface area contributed by atoms with Gasteiger partial charge in [-0.05, 0) is 23.8 Å². The van der Waals surface area contributed by atoms with Gasteiger partial charge in [-0.15, -0.1) is 0 Å². The average molecular weight is 354 g/mol. The summed E-state index contributed by atoms with van der Waals surface area (Å²) in [5, 5.41) is -0.691. The maximum absolute atomic E-state index is 13.9. The molecule has 7 heteroatoms. The fraction of sp³-hybridized carbons (Fsp3) is 0.118. The van der Waals surface area contributed by atoms with Crippen molar-refractivity contribution in [1.82, 2.24) is 0 Å². The first-order valence-electron chi connectivity index (χ1n) is 6.96. The van der Waals surface area contributed by atoms with Crippen molar-refractivity contribution in [2.75, 3.05) is 0 Å². The van der Waals surface area contributed by atoms with E-state index in [0.29, 0.717) is 11.8 Å². The number of Topliss-reactive ketones (excluding diaryl/α,β-unsaturated/α-hetero) is 1. The zero-order chi connectivity index (χ0) is 17.5. The van der Waals surface area contributed by atoms with Gasteiger partial charge in [-0.2, -0.15) is 24.9 Å². The maximum Gasteiger partial charge on any atom is 0.416 e. The number of benzene rings is 2. The number of hydrogen-bond acceptors (Lipinski definition) is 2. The van der Waals surface area contributed by atoms with E-state index >= 15 is 0 Å². The third-order valence-electron chi connectivity index (χ3n) is 3.70. The third-order valence-corrected chi connectivity index (χ3v) is 4.97. The van der Waals surface area contributed by atoms with E-state index in [0.717, 1.165) is 12.1 Å². The Morgan fingerprint density at radius 1 is 1.04 bits per heavy atom. The summed E-state index contributed by atoms with van der Waals surface area (Å²) in [4.78, 5) is 12.6. The van der Waals surface area contributed by atoms with Crippen molar-refractivity contribution < 1.29 is 22.4 Å². The predicted octanol–water partition coefficient (Wildman–Crippen LogP) is 4.26. The van der Waals surface area contributed by atoms with Crippen LogP contribution in [0, 0.1) is 5.82 Å². The van der Waals surface area contributed by atoms with Gasteiger partial charge in [0.1, 0.15) is 5.82 Å². The van der Waals surface area contributed by atoms with Gasteiger partial charge >= 0.3 is 6.18 Å². The smallest absolute Gasteiger partial charge is 0.394 e. The lowest BCUT2D eigenvalue weighted by Crippen LogP contribution is -2.10. The summed E-state index contributed by atoms with van der Waals surface area (Å²) < 4.78 is 52.5. The Morgan fingerprint density at radius 3 is 2.42 bits per heavy atom. The van der Waals surface area contributed by atoms with Crippen molar-refractivity contribution in [2.45, 2.75) is 11.4 Å². The van der Waals surface area contributed by atoms with Crippen LogP contribution >= 0.6 is 11.8 Å². The van der Waals surface area contributed by atoms with Crippen molar-refractivity contribution >= 4 is 23.1 Å². The largest absolute Gasteiger partial charge is 0.416 e. The quantitative estimate of drug-likeness (QED) is 0.625. The summed E-state index contributed by atoms with van der Waals surface area (Å²) in [5.41, 5.74) is 5.33. The Balaban J connectivity index is 2.00. The number of hydrogen-bond donors (Lipinski definition) is 2. The van der Waals surface area contributed by atoms with E-state index in [1.807, 2.05) is 0 Å². The minimum absolute atomic E-state index is 0.0241. The second kappa shape index (κ2) is 5.98. The Bertz CT molecular complexity index is 844. The molecule has 0 fully saturated rings. The summed E-state index contributed by atoms with van der Waals surface area (Å²) in [6.07, 6.45) is -4.52. The minimum atomic E-state index is -4.52. The molecule has 0 amide bonds. The summed E-state index contributed by atoms with van der Waals surface area (Å²) in [5.74, 6) is -1.01. The molecule has 2 nitrogen and oxygen atoms in total. The average Bonchev–Trinajstić information content (AvgIpc) is 2.82. The first-order valence-corrected chi connectivity index (χ1v) is 7.92. The molecular formula is C17H12F4NOS. The number of thiol groups is 1. The molecule has 1 unspecified atom stereocenters. The van der Waals surface area contributed by atoms with Crippen LogP contribution in [0.3, 0.4) is 0 Å². The summed E-state index contributed by atoms with van der Waals surface area (Å²) >= 11 is 0.374. The van der Waals surface area contributed by atoms with E-state index in [1.54, 1.807) is 6.07 Å². The van der Waals surface area contributed by atoms with Crippen molar-refractivity contribution in [2.24, 2.45) is 5.73 Å². The topological polar surface area (TPSA) is 43.1 Å². The molecule has 1 atom stereocenters. The van der Waals surface area contributed by atoms with Crippen LogP contribution in [0.15, 0.2) is 53.6 Å². The lowest BCUT2D eigenvalue weighted by molar-refractivity contribution is -0.137. The van der Waals surface area contributed by atoms with Crippen LogP contribution in [0.1, 0.15) is 21.9 Å². The van der Waals surface area contributed by atoms with Crippen LogP contribution in [0.2, 0.25) is 0 Å². The number of ketones is 1. The number of rotatable bonds is 2. The molecular weight excluding hydrogens is 342 g/mol. The van der Waals surface area contributed by atoms with E-state index < -0.39 is 28.6 Å². The molecule has 0 bridgehead atoms. The van der Waals surface area contributed by atoms with Gasteiger partial charge in [0.2, 0.25) is 0 Å². The Labute approximate surface area is 139 Å². The van der Waals surface area contributed by atoms with Gasteiger partial charge < -0.3 is 5.73 Å². The molecule has 1 aliphatic rings. The normalized spacial score (nSPS) is 18.3. The lowest BCUT2D eigenvalue weighted by Gasteiger charge is -2.11. The van der Waals surface area contributed by atoms with E-state index in [9.17, 15) is 22.4 Å². The highest BCUT2D eigenvalue weighted by Gasteiger charge is 2.36. The van der Waals surface area contributed by atoms with Crippen molar-refractivity contribution in [3.8, 4) is 0 Å². The van der Waals surface area contributed by atoms with Crippen LogP contribution in [0.4, 0.5) is 17.6 Å². The van der Waals surface area contributed by atoms with Gasteiger partial charge in [0.05, 0.1) is 21.4 Å². The zero-order valence-corrected chi connectivity index (χ0v) is 13.0. The van der Waals surface area contributed by atoms with Crippen LogP contribution < -0.4 is 5.73 Å². The Morgan fingerprint density at radius 2 is 1.75 bits per heavy atom. The molecule has 0 spiro atoms. The number of carbonyl (C=O) groups excluding carboxylic acids is 1. The van der Waals surface area contributed by atoms with E-state index in [1.165, 1.54) is 30.3 Å². The Hall–Kier alpha value is -2.28. The summed E-state index contributed by atoms with van der Waals surface area (Å²) in [7, 11) is 0. The highest BCUT2D eigenvalue weighted by molar-refractivity contribution is 8.04. The summed E-state index contributed by atoms with van der Waals surface area (Å²) in [6.45, 7) is 0. The predicted molar refractivity (Wildman–Crippen MR) is 85.7 cm³/mol. The second-order valence-electron chi connectivity index (χ2n) is 5.26. The SMILES string of the molecule is NC1=C(c2cccc(C(F)(F)F)c2)C(=O)C(c2ccccc2F)[SH]1. The van der Waals surface area contributed by atoms with Gasteiger partial charge in [0, 0.05) is 5.56 Å². The summed E-state index contributed by atoms with van der Waals surface area (Å²) in [6, 6.07) is 10.2. The minimum Gasteiger partial charge on any atom is -0.394 e. The van der Waals surface area contributed by atoms with Crippen LogP contribution in [-0.2, 0) is 11.0 Å². The molecule has 0 saturated heterocycles. The van der Waals surface area contributed by atoms with Gasteiger partial charge in [-0.1, -0.05) is 30.3 Å². The Kier molecular flexibility index (Phi) is 4.13. The van der Waals surface area contributed by atoms with Crippen molar-refractivity contribution in [3.63, 3.8) is 0 Å². The highest BCUT2D eigenvalue weighted by Crippen LogP contribution is 2.47. The number of alkyl halides is 3. The van der Waals surface area contributed by atoms with Crippen LogP contribution in [0.5, 0.6) is 0 Å². The van der Waals surface area contributed by atoms with Crippen molar-refractivity contribution in [3.05, 3.63) is 76.1 Å². The fourth-order valence-electron chi connectivity index (χ4n) is 2.57. The molecule has 24 heavy (non-hydrogen) atoms. The van der Waals surface area contributed by atoms with Crippen LogP contribution in [-0.4, -0.2) is 5.78 Å². The molecule has 0 aromatic heterocycles. The molecule has 1 aliphatic heterocycles. The number of carbonyl (C=O) groups is 1. The lowest BCUT2D eigenvalue weighted by atomic mass is 9.96. The second-order valence-corrected chi connectivity index (χ2v) is 6.51. The molecule has 0 aliphatic carbocycles. The molecule has 3 rings (SSSR count). The maximum atomic E-state index is 13.9. The van der Waals surface area contributed by atoms with Gasteiger partial charge in [0.25, 0.3) is 0 Å². The molecule has 0 saturated carbocycles. The van der Waals surface area contributed by atoms with E-state index in [4.69, 9.17) is 5.73 Å². The highest BCUT2D eigenvalue weighted by atomic mass is 32.2. The molecule has 2 N–H and O–H groups in total. The van der Waals surface area contributed by atoms with E-state index in [2.05, 4.69) is 0 Å². The van der Waals surface area contributed by atoms with Crippen molar-refractivity contribution in [1.29, 1.82) is 0 Å². The molecule has 2 aromatic carbocycles. The first-order chi connectivity index (χ1) is 11.3. The monoisotopic (exact) mass is 354 g/mol. The van der Waals surface area contributed by atoms with Gasteiger partial charge in [-0.25, -0.2) is 4.39 Å². The molecule has 1 heterocycles. The van der Waals surface area contributed by atoms with Crippen LogP contribution in [0.25, 0.3) is 5.57 Å². The van der Waals surface area contributed by atoms with Gasteiger partial charge in [0.15, 0.2) is 5.78 Å².